The van der Waals surface area contributed by atoms with Gasteiger partial charge in [0.05, 0.1) is 0 Å². The maximum absolute atomic E-state index is 11.1. The Morgan fingerprint density at radius 2 is 1.76 bits per heavy atom. The van der Waals surface area contributed by atoms with Crippen molar-refractivity contribution in [2.75, 3.05) is 12.0 Å². The summed E-state index contributed by atoms with van der Waals surface area (Å²) in [6.45, 7) is 0. The summed E-state index contributed by atoms with van der Waals surface area (Å²) >= 11 is 0. The summed E-state index contributed by atoms with van der Waals surface area (Å²) < 4.78 is 21.5. The van der Waals surface area contributed by atoms with Crippen LogP contribution in [0.5, 0.6) is 0 Å². The number of carbonyl (C=O) groups excluding carboxylic acids is 1. The minimum Gasteiger partial charge on any atom is -0.481 e. The molecule has 0 radical (unpaired) electrons. The first kappa shape index (κ1) is 15.4. The van der Waals surface area contributed by atoms with Crippen molar-refractivity contribution in [3.8, 4) is 0 Å². The lowest BCUT2D eigenvalue weighted by Crippen LogP contribution is -2.43. The monoisotopic (exact) mass is 267 g/mol. The Hall–Kier alpha value is -1.64. The van der Waals surface area contributed by atoms with Crippen LogP contribution >= 0.6 is 0 Å². The minimum absolute atomic E-state index is 0.305. The van der Waals surface area contributed by atoms with Crippen LogP contribution in [0, 0.1) is 0 Å². The zero-order valence-corrected chi connectivity index (χ0v) is 9.86. The quantitative estimate of drug-likeness (QED) is 0.508. The number of rotatable bonds is 7. The number of hydrogen-bond acceptors (Lipinski definition) is 5. The van der Waals surface area contributed by atoms with Crippen molar-refractivity contribution < 1.29 is 33.0 Å². The molecule has 1 atom stereocenters. The number of sulfone groups is 1. The summed E-state index contributed by atoms with van der Waals surface area (Å²) in [5.74, 6) is -4.41. The van der Waals surface area contributed by atoms with Gasteiger partial charge in [-0.15, -0.1) is 0 Å². The fourth-order valence-electron chi connectivity index (χ4n) is 0.999. The lowest BCUT2D eigenvalue weighted by Gasteiger charge is -2.12. The van der Waals surface area contributed by atoms with Crippen LogP contribution in [0.15, 0.2) is 0 Å². The van der Waals surface area contributed by atoms with E-state index in [0.29, 0.717) is 0 Å². The van der Waals surface area contributed by atoms with Crippen LogP contribution in [0.25, 0.3) is 0 Å². The molecule has 17 heavy (non-hydrogen) atoms. The third-order valence-electron chi connectivity index (χ3n) is 1.67. The minimum atomic E-state index is -3.55. The van der Waals surface area contributed by atoms with Crippen molar-refractivity contribution >= 4 is 27.7 Å². The van der Waals surface area contributed by atoms with E-state index in [4.69, 9.17) is 10.2 Å². The van der Waals surface area contributed by atoms with E-state index < -0.39 is 45.9 Å². The largest absolute Gasteiger partial charge is 0.481 e. The maximum atomic E-state index is 11.1. The molecule has 0 aromatic rings. The molecule has 8 nitrogen and oxygen atoms in total. The van der Waals surface area contributed by atoms with E-state index in [1.807, 2.05) is 5.32 Å². The third-order valence-corrected chi connectivity index (χ3v) is 2.46. The summed E-state index contributed by atoms with van der Waals surface area (Å²) in [5.41, 5.74) is 0. The smallest absolute Gasteiger partial charge is 0.326 e. The molecule has 1 amide bonds. The van der Waals surface area contributed by atoms with Gasteiger partial charge in [-0.2, -0.15) is 0 Å². The zero-order valence-electron chi connectivity index (χ0n) is 9.04. The highest BCUT2D eigenvalue weighted by atomic mass is 32.2. The van der Waals surface area contributed by atoms with Crippen molar-refractivity contribution in [1.29, 1.82) is 0 Å². The number of carboxylic acids is 2. The SMILES string of the molecule is CS(=O)(=O)CC(=O)N[C@@H](CCC(=O)O)C(=O)O. The predicted octanol–water partition coefficient (Wildman–Crippen LogP) is -1.53. The third kappa shape index (κ3) is 8.20. The van der Waals surface area contributed by atoms with Gasteiger partial charge in [-0.05, 0) is 6.42 Å². The summed E-state index contributed by atoms with van der Waals surface area (Å²) in [5, 5.41) is 19.0. The van der Waals surface area contributed by atoms with Gasteiger partial charge in [0, 0.05) is 12.7 Å². The maximum Gasteiger partial charge on any atom is 0.326 e. The second kappa shape index (κ2) is 6.18. The Balaban J connectivity index is 4.40. The lowest BCUT2D eigenvalue weighted by atomic mass is 10.1. The van der Waals surface area contributed by atoms with E-state index in [2.05, 4.69) is 0 Å². The number of carboxylic acid groups (broad SMARTS) is 2. The Morgan fingerprint density at radius 3 is 2.12 bits per heavy atom. The Morgan fingerprint density at radius 1 is 1.24 bits per heavy atom. The highest BCUT2D eigenvalue weighted by Gasteiger charge is 2.22. The molecule has 0 fully saturated rings. The van der Waals surface area contributed by atoms with Crippen molar-refractivity contribution in [3.05, 3.63) is 0 Å². The molecule has 0 rings (SSSR count). The first-order chi connectivity index (χ1) is 7.61. The van der Waals surface area contributed by atoms with Crippen LogP contribution in [-0.2, 0) is 24.2 Å². The van der Waals surface area contributed by atoms with Gasteiger partial charge < -0.3 is 15.5 Å². The molecule has 0 aliphatic carbocycles. The van der Waals surface area contributed by atoms with Crippen molar-refractivity contribution in [3.63, 3.8) is 0 Å². The molecule has 0 bridgehead atoms. The fraction of sp³-hybridized carbons (Fsp3) is 0.625. The Labute approximate surface area is 97.5 Å². The Kier molecular flexibility index (Phi) is 5.59. The van der Waals surface area contributed by atoms with Gasteiger partial charge in [-0.3, -0.25) is 9.59 Å². The molecule has 0 unspecified atom stereocenters. The van der Waals surface area contributed by atoms with Crippen LogP contribution < -0.4 is 5.32 Å². The van der Waals surface area contributed by atoms with E-state index in [9.17, 15) is 22.8 Å². The molecule has 98 valence electrons. The predicted molar refractivity (Wildman–Crippen MR) is 56.1 cm³/mol. The summed E-state index contributed by atoms with van der Waals surface area (Å²) in [4.78, 5) is 32.0. The fourth-order valence-corrected chi connectivity index (χ4v) is 1.56. The number of aliphatic carboxylic acids is 2. The Bertz CT molecular complexity index is 414. The topological polar surface area (TPSA) is 138 Å². The highest BCUT2D eigenvalue weighted by molar-refractivity contribution is 7.91. The average Bonchev–Trinajstić information content (AvgIpc) is 2.08. The van der Waals surface area contributed by atoms with Crippen molar-refractivity contribution in [2.45, 2.75) is 18.9 Å². The van der Waals surface area contributed by atoms with Gasteiger partial charge in [-0.1, -0.05) is 0 Å². The van der Waals surface area contributed by atoms with E-state index in [-0.39, 0.29) is 6.42 Å². The summed E-state index contributed by atoms with van der Waals surface area (Å²) in [6.07, 6.45) is 0.0931. The van der Waals surface area contributed by atoms with Gasteiger partial charge in [0.25, 0.3) is 0 Å². The molecule has 0 heterocycles. The van der Waals surface area contributed by atoms with Crippen LogP contribution in [0.4, 0.5) is 0 Å². The molecule has 0 saturated carbocycles. The number of nitrogens with one attached hydrogen (secondary N) is 1. The molecule has 3 N–H and O–H groups in total. The van der Waals surface area contributed by atoms with Gasteiger partial charge in [0.1, 0.15) is 11.8 Å². The molecule has 9 heteroatoms. The molecule has 0 saturated heterocycles. The molecule has 0 aromatic heterocycles. The van der Waals surface area contributed by atoms with Crippen LogP contribution in [-0.4, -0.2) is 54.5 Å². The molecular weight excluding hydrogens is 254 g/mol. The van der Waals surface area contributed by atoms with Gasteiger partial charge in [0.15, 0.2) is 9.84 Å². The molecule has 0 aromatic carbocycles. The number of amides is 1. The summed E-state index contributed by atoms with van der Waals surface area (Å²) in [6, 6.07) is -1.40. The normalized spacial score (nSPS) is 12.8. The van der Waals surface area contributed by atoms with Gasteiger partial charge in [-0.25, -0.2) is 13.2 Å². The van der Waals surface area contributed by atoms with E-state index in [1.165, 1.54) is 0 Å². The van der Waals surface area contributed by atoms with Crippen LogP contribution in [0.3, 0.4) is 0 Å². The second-order valence-electron chi connectivity index (χ2n) is 3.46. The lowest BCUT2D eigenvalue weighted by molar-refractivity contribution is -0.142. The van der Waals surface area contributed by atoms with Crippen molar-refractivity contribution in [1.82, 2.24) is 5.32 Å². The molecular formula is C8H13NO7S. The molecule has 0 spiro atoms. The highest BCUT2D eigenvalue weighted by Crippen LogP contribution is 1.98. The van der Waals surface area contributed by atoms with Gasteiger partial charge in [0.2, 0.25) is 5.91 Å². The zero-order chi connectivity index (χ0) is 13.6. The molecule has 0 aliphatic rings. The molecule has 0 aliphatic heterocycles. The van der Waals surface area contributed by atoms with Crippen molar-refractivity contribution in [2.24, 2.45) is 0 Å². The number of carbonyl (C=O) groups is 3. The average molecular weight is 267 g/mol. The standard InChI is InChI=1S/C8H13NO7S/c1-17(15,16)4-6(10)9-5(8(13)14)2-3-7(11)12/h5H,2-4H2,1H3,(H,9,10)(H,11,12)(H,13,14)/t5-/m0/s1. The van der Waals surface area contributed by atoms with E-state index in [0.717, 1.165) is 6.26 Å². The van der Waals surface area contributed by atoms with Gasteiger partial charge >= 0.3 is 11.9 Å². The first-order valence-electron chi connectivity index (χ1n) is 4.53. The summed E-state index contributed by atoms with van der Waals surface area (Å²) in [7, 11) is -3.55. The van der Waals surface area contributed by atoms with Crippen LogP contribution in [0.1, 0.15) is 12.8 Å². The van der Waals surface area contributed by atoms with E-state index >= 15 is 0 Å². The second-order valence-corrected chi connectivity index (χ2v) is 5.60. The van der Waals surface area contributed by atoms with E-state index in [1.54, 1.807) is 0 Å². The number of hydrogen-bond donors (Lipinski definition) is 3. The first-order valence-corrected chi connectivity index (χ1v) is 6.59. The van der Waals surface area contributed by atoms with Crippen LogP contribution in [0.2, 0.25) is 0 Å².